The summed E-state index contributed by atoms with van der Waals surface area (Å²) in [5, 5.41) is 0. The van der Waals surface area contributed by atoms with Crippen LogP contribution in [0.3, 0.4) is 0 Å². The molecule has 2 heterocycles. The van der Waals surface area contributed by atoms with Crippen molar-refractivity contribution in [3.8, 4) is 0 Å². The van der Waals surface area contributed by atoms with Gasteiger partial charge in [-0.15, -0.1) is 0 Å². The number of benzene rings is 11. The van der Waals surface area contributed by atoms with Gasteiger partial charge in [0.2, 0.25) is 0 Å². The second-order valence-electron chi connectivity index (χ2n) is 23.6. The number of para-hydroxylation sites is 2. The molecule has 79 heavy (non-hydrogen) atoms. The first-order chi connectivity index (χ1) is 38.5. The van der Waals surface area contributed by atoms with Crippen molar-refractivity contribution in [2.24, 2.45) is 0 Å². The monoisotopic (exact) mass is 1020 g/mol. The molecule has 0 amide bonds. The minimum Gasteiger partial charge on any atom is -0.311 e. The number of hydrogen-bond acceptors (Lipinski definition) is 2. The molecule has 11 aromatic carbocycles. The van der Waals surface area contributed by atoms with Crippen LogP contribution >= 0.6 is 0 Å². The summed E-state index contributed by atoms with van der Waals surface area (Å²) in [7, 11) is 0. The lowest BCUT2D eigenvalue weighted by molar-refractivity contribution is 0.590. The third kappa shape index (κ3) is 8.00. The number of hydrogen-bond donors (Lipinski definition) is 0. The third-order valence-corrected chi connectivity index (χ3v) is 17.1. The predicted molar refractivity (Wildman–Crippen MR) is 334 cm³/mol. The molecule has 2 nitrogen and oxygen atoms in total. The number of fused-ring (bicyclic) bond motifs is 4. The van der Waals surface area contributed by atoms with Gasteiger partial charge in [-0.25, -0.2) is 0 Å². The van der Waals surface area contributed by atoms with Gasteiger partial charge >= 0.3 is 0 Å². The number of nitrogens with zero attached hydrogens (tertiary/aromatic N) is 2. The highest BCUT2D eigenvalue weighted by Crippen LogP contribution is 2.55. The van der Waals surface area contributed by atoms with E-state index in [1.807, 2.05) is 0 Å². The Labute approximate surface area is 468 Å². The lowest BCUT2D eigenvalue weighted by atomic mass is 9.33. The van der Waals surface area contributed by atoms with Crippen LogP contribution < -0.4 is 26.2 Å². The van der Waals surface area contributed by atoms with E-state index in [-0.39, 0.29) is 17.5 Å². The van der Waals surface area contributed by atoms with E-state index >= 15 is 0 Å². The van der Waals surface area contributed by atoms with E-state index in [0.29, 0.717) is 0 Å². The van der Waals surface area contributed by atoms with E-state index < -0.39 is 10.8 Å². The molecule has 2 aliphatic rings. The van der Waals surface area contributed by atoms with Crippen LogP contribution in [0.5, 0.6) is 0 Å². The van der Waals surface area contributed by atoms with Crippen molar-refractivity contribution < 1.29 is 0 Å². The molecule has 0 fully saturated rings. The highest BCUT2D eigenvalue weighted by Gasteiger charge is 2.48. The molecule has 0 N–H and O–H groups in total. The molecule has 13 rings (SSSR count). The van der Waals surface area contributed by atoms with Crippen molar-refractivity contribution in [1.82, 2.24) is 0 Å². The maximum atomic E-state index is 2.63. The van der Waals surface area contributed by atoms with Gasteiger partial charge in [0, 0.05) is 22.7 Å². The van der Waals surface area contributed by atoms with Crippen molar-refractivity contribution in [1.29, 1.82) is 0 Å². The molecule has 0 spiro atoms. The summed E-state index contributed by atoms with van der Waals surface area (Å²) in [5.41, 5.74) is 21.5. The van der Waals surface area contributed by atoms with Gasteiger partial charge in [-0.2, -0.15) is 0 Å². The largest absolute Gasteiger partial charge is 0.311 e. The van der Waals surface area contributed by atoms with Gasteiger partial charge in [0.05, 0.1) is 22.2 Å². The fourth-order valence-electron chi connectivity index (χ4n) is 13.4. The first-order valence-electron chi connectivity index (χ1n) is 28.0. The van der Waals surface area contributed by atoms with E-state index in [0.717, 1.165) is 11.4 Å². The molecule has 11 aromatic rings. The molecule has 3 heteroatoms. The summed E-state index contributed by atoms with van der Waals surface area (Å²) >= 11 is 0. The van der Waals surface area contributed by atoms with E-state index in [4.69, 9.17) is 0 Å². The lowest BCUT2D eigenvalue weighted by Crippen LogP contribution is -2.62. The summed E-state index contributed by atoms with van der Waals surface area (Å²) in [4.78, 5) is 5.25. The fourth-order valence-corrected chi connectivity index (χ4v) is 13.4. The average Bonchev–Trinajstić information content (AvgIpc) is 3.68. The molecular formula is C76H65BN2. The highest BCUT2D eigenvalue weighted by molar-refractivity contribution is 7.00. The second-order valence-corrected chi connectivity index (χ2v) is 23.6. The molecule has 0 bridgehead atoms. The zero-order valence-corrected chi connectivity index (χ0v) is 46.1. The maximum Gasteiger partial charge on any atom is 0.252 e. The predicted octanol–water partition coefficient (Wildman–Crippen LogP) is 17.1. The van der Waals surface area contributed by atoms with Crippen LogP contribution in [0.2, 0.25) is 0 Å². The first kappa shape index (κ1) is 49.6. The van der Waals surface area contributed by atoms with Crippen LogP contribution in [-0.2, 0) is 21.7 Å². The molecule has 0 saturated heterocycles. The van der Waals surface area contributed by atoms with E-state index in [1.54, 1.807) is 0 Å². The van der Waals surface area contributed by atoms with Crippen LogP contribution in [-0.4, -0.2) is 6.71 Å². The van der Waals surface area contributed by atoms with Gasteiger partial charge in [0.15, 0.2) is 0 Å². The average molecular weight is 1020 g/mol. The van der Waals surface area contributed by atoms with Gasteiger partial charge in [0.25, 0.3) is 6.71 Å². The molecule has 0 atom stereocenters. The number of rotatable bonds is 10. The van der Waals surface area contributed by atoms with Gasteiger partial charge < -0.3 is 9.80 Å². The minimum atomic E-state index is -0.702. The molecule has 2 aliphatic heterocycles. The van der Waals surface area contributed by atoms with Gasteiger partial charge in [-0.1, -0.05) is 290 Å². The molecule has 382 valence electrons. The molecule has 0 aliphatic carbocycles. The first-order valence-corrected chi connectivity index (χ1v) is 28.0. The summed E-state index contributed by atoms with van der Waals surface area (Å²) in [6.07, 6.45) is 0. The Morgan fingerprint density at radius 3 is 0.797 bits per heavy atom. The Hall–Kier alpha value is -8.92. The third-order valence-electron chi connectivity index (χ3n) is 17.1. The molecule has 0 saturated carbocycles. The molecule has 0 aromatic heterocycles. The zero-order valence-electron chi connectivity index (χ0n) is 46.1. The zero-order chi connectivity index (χ0) is 53.9. The Kier molecular flexibility index (Phi) is 12.3. The van der Waals surface area contributed by atoms with Crippen molar-refractivity contribution in [2.75, 3.05) is 9.80 Å². The van der Waals surface area contributed by atoms with Gasteiger partial charge in [0.1, 0.15) is 0 Å². The highest BCUT2D eigenvalue weighted by atomic mass is 15.2. The fraction of sp³-hybridized carbons (Fsp3) is 0.132. The van der Waals surface area contributed by atoms with Crippen LogP contribution in [0.1, 0.15) is 97.2 Å². The topological polar surface area (TPSA) is 6.48 Å². The second kappa shape index (κ2) is 19.5. The van der Waals surface area contributed by atoms with Crippen LogP contribution in [0.4, 0.5) is 34.1 Å². The molecule has 0 unspecified atom stereocenters. The Bertz CT molecular complexity index is 3520. The minimum absolute atomic E-state index is 0.0862. The van der Waals surface area contributed by atoms with Crippen molar-refractivity contribution in [3.05, 3.63) is 341 Å². The summed E-state index contributed by atoms with van der Waals surface area (Å²) in [6, 6.07) is 107. The maximum absolute atomic E-state index is 2.63. The Balaban J connectivity index is 1.16. The van der Waals surface area contributed by atoms with Crippen molar-refractivity contribution >= 4 is 57.2 Å². The summed E-state index contributed by atoms with van der Waals surface area (Å²) < 4.78 is 0. The summed E-state index contributed by atoms with van der Waals surface area (Å²) in [5.74, 6) is 0. The Morgan fingerprint density at radius 1 is 0.241 bits per heavy atom. The number of anilines is 6. The smallest absolute Gasteiger partial charge is 0.252 e. The summed E-state index contributed by atoms with van der Waals surface area (Å²) in [6.45, 7) is 14.0. The van der Waals surface area contributed by atoms with Gasteiger partial charge in [-0.3, -0.25) is 0 Å². The quantitative estimate of drug-likeness (QED) is 0.0995. The van der Waals surface area contributed by atoms with Crippen LogP contribution in [0.15, 0.2) is 285 Å². The van der Waals surface area contributed by atoms with E-state index in [1.165, 1.54) is 94.8 Å². The lowest BCUT2D eigenvalue weighted by Gasteiger charge is -2.47. The Morgan fingerprint density at radius 2 is 0.506 bits per heavy atom. The molecule has 0 radical (unpaired) electrons. The van der Waals surface area contributed by atoms with E-state index in [2.05, 4.69) is 336 Å². The molecular weight excluding hydrogens is 952 g/mol. The standard InChI is InChI=1S/C76H65BN2/c1-73(2,3)60-48-50-68-64(52-60)77-65-53-61(74(4,5)6)49-51-69(65)79(67-45-28-26-43-63(67)76(57-36-19-10-20-37-57,58-38-21-11-22-39-58)59-40-23-12-24-41-59)71-47-29-46-70(72(71)77)78(68)66-44-27-25-42-62(66)75(54-30-13-7-14-31-54,55-32-15-8-16-33-55)56-34-17-9-18-35-56/h7-53H,1-6H3. The van der Waals surface area contributed by atoms with Gasteiger partial charge in [-0.05, 0) is 119 Å². The van der Waals surface area contributed by atoms with Crippen LogP contribution in [0.25, 0.3) is 0 Å². The normalized spacial score (nSPS) is 13.1. The van der Waals surface area contributed by atoms with Crippen molar-refractivity contribution in [2.45, 2.75) is 63.2 Å². The van der Waals surface area contributed by atoms with E-state index in [9.17, 15) is 0 Å². The SMILES string of the molecule is CC(C)(C)c1ccc2c(c1)B1c3cc(C(C)(C)C)ccc3N(c3ccccc3C(c3ccccc3)(c3ccccc3)c3ccccc3)c3cccc(c31)N2c1ccccc1C(c1ccccc1)(c1ccccc1)c1ccccc1. The van der Waals surface area contributed by atoms with Crippen LogP contribution in [0, 0.1) is 0 Å². The van der Waals surface area contributed by atoms with Crippen molar-refractivity contribution in [3.63, 3.8) is 0 Å².